The first-order valence-electron chi connectivity index (χ1n) is 6.83. The van der Waals surface area contributed by atoms with E-state index in [2.05, 4.69) is 5.32 Å². The lowest BCUT2D eigenvalue weighted by Crippen LogP contribution is -2.46. The molecule has 1 aromatic rings. The number of piperazine rings is 1. The third kappa shape index (κ3) is 3.66. The molecule has 2 rings (SSSR count). The number of nitrogens with zero attached hydrogens (tertiary/aromatic N) is 3. The first-order chi connectivity index (χ1) is 9.99. The van der Waals surface area contributed by atoms with Gasteiger partial charge in [-0.2, -0.15) is 0 Å². The molecule has 0 aliphatic carbocycles. The van der Waals surface area contributed by atoms with Crippen molar-refractivity contribution in [3.05, 3.63) is 38.3 Å². The molecule has 8 heteroatoms. The maximum Gasteiger partial charge on any atom is 0.288 e. The monoisotopic (exact) mass is 294 g/mol. The molecule has 0 atom stereocenters. The molecule has 21 heavy (non-hydrogen) atoms. The highest BCUT2D eigenvalue weighted by molar-refractivity contribution is 5.76. The topological polar surface area (TPSA) is 97.5 Å². The van der Waals surface area contributed by atoms with E-state index in [-0.39, 0.29) is 30.1 Å². The van der Waals surface area contributed by atoms with E-state index in [1.807, 2.05) is 0 Å². The van der Waals surface area contributed by atoms with Crippen LogP contribution < -0.4 is 10.9 Å². The molecule has 0 saturated carbocycles. The number of nitrogens with one attached hydrogen (secondary N) is 1. The van der Waals surface area contributed by atoms with Gasteiger partial charge in [0.25, 0.3) is 11.2 Å². The van der Waals surface area contributed by atoms with Crippen LogP contribution in [0.2, 0.25) is 0 Å². The summed E-state index contributed by atoms with van der Waals surface area (Å²) in [7, 11) is 0. The number of carbonyl (C=O) groups is 1. The van der Waals surface area contributed by atoms with Crippen LogP contribution in [0.3, 0.4) is 0 Å². The summed E-state index contributed by atoms with van der Waals surface area (Å²) in [4.78, 5) is 35.9. The van der Waals surface area contributed by atoms with Crippen LogP contribution in [0.1, 0.15) is 12.0 Å². The molecule has 1 fully saturated rings. The van der Waals surface area contributed by atoms with Crippen LogP contribution >= 0.6 is 0 Å². The van der Waals surface area contributed by atoms with Crippen molar-refractivity contribution in [1.82, 2.24) is 14.8 Å². The first-order valence-corrected chi connectivity index (χ1v) is 6.83. The zero-order chi connectivity index (χ0) is 15.4. The zero-order valence-electron chi connectivity index (χ0n) is 11.9. The van der Waals surface area contributed by atoms with Gasteiger partial charge in [-0.05, 0) is 6.92 Å². The number of aryl methyl sites for hydroxylation is 2. The summed E-state index contributed by atoms with van der Waals surface area (Å²) >= 11 is 0. The Morgan fingerprint density at radius 1 is 1.43 bits per heavy atom. The van der Waals surface area contributed by atoms with Crippen molar-refractivity contribution in [2.24, 2.45) is 0 Å². The summed E-state index contributed by atoms with van der Waals surface area (Å²) in [5, 5.41) is 14.0. The van der Waals surface area contributed by atoms with Crippen LogP contribution in [-0.4, -0.2) is 46.5 Å². The number of carbonyl (C=O) groups excluding carboxylic acids is 1. The van der Waals surface area contributed by atoms with Crippen molar-refractivity contribution in [1.29, 1.82) is 0 Å². The highest BCUT2D eigenvalue weighted by Crippen LogP contribution is 2.14. The van der Waals surface area contributed by atoms with Crippen LogP contribution in [0, 0.1) is 17.0 Å². The summed E-state index contributed by atoms with van der Waals surface area (Å²) < 4.78 is 1.23. The summed E-state index contributed by atoms with van der Waals surface area (Å²) in [5.41, 5.74) is -0.106. The van der Waals surface area contributed by atoms with Crippen LogP contribution in [0.25, 0.3) is 0 Å². The Hall–Kier alpha value is -2.22. The zero-order valence-corrected chi connectivity index (χ0v) is 11.9. The Bertz CT molecular complexity index is 605. The molecular weight excluding hydrogens is 276 g/mol. The molecule has 1 aliphatic heterocycles. The minimum atomic E-state index is -0.524. The summed E-state index contributed by atoms with van der Waals surface area (Å²) in [6.07, 6.45) is 1.38. The second kappa shape index (κ2) is 6.49. The molecule has 1 N–H and O–H groups in total. The quantitative estimate of drug-likeness (QED) is 0.617. The average molecular weight is 294 g/mol. The van der Waals surface area contributed by atoms with Crippen molar-refractivity contribution in [2.75, 3.05) is 26.2 Å². The van der Waals surface area contributed by atoms with Crippen molar-refractivity contribution in [2.45, 2.75) is 19.9 Å². The maximum absolute atomic E-state index is 12.0. The number of hydrogen-bond acceptors (Lipinski definition) is 5. The van der Waals surface area contributed by atoms with E-state index >= 15 is 0 Å². The first kappa shape index (κ1) is 15.2. The van der Waals surface area contributed by atoms with Gasteiger partial charge in [0.1, 0.15) is 0 Å². The van der Waals surface area contributed by atoms with Gasteiger partial charge in [0.05, 0.1) is 11.1 Å². The summed E-state index contributed by atoms with van der Waals surface area (Å²) in [6.45, 7) is 4.52. The molecule has 1 aliphatic rings. The Morgan fingerprint density at radius 2 is 2.10 bits per heavy atom. The maximum atomic E-state index is 12.0. The molecule has 0 radical (unpaired) electrons. The highest BCUT2D eigenvalue weighted by Gasteiger charge is 2.17. The molecule has 0 spiro atoms. The lowest BCUT2D eigenvalue weighted by molar-refractivity contribution is -0.385. The van der Waals surface area contributed by atoms with E-state index in [0.717, 1.165) is 13.1 Å². The van der Waals surface area contributed by atoms with Crippen molar-refractivity contribution in [3.8, 4) is 0 Å². The van der Waals surface area contributed by atoms with Gasteiger partial charge >= 0.3 is 0 Å². The molecule has 0 unspecified atom stereocenters. The number of amides is 1. The van der Waals surface area contributed by atoms with E-state index in [1.54, 1.807) is 4.90 Å². The van der Waals surface area contributed by atoms with Gasteiger partial charge in [-0.15, -0.1) is 0 Å². The Balaban J connectivity index is 2.05. The second-order valence-corrected chi connectivity index (χ2v) is 5.01. The number of rotatable bonds is 4. The third-order valence-corrected chi connectivity index (χ3v) is 3.54. The predicted molar refractivity (Wildman–Crippen MR) is 76.2 cm³/mol. The molecule has 1 aromatic heterocycles. The van der Waals surface area contributed by atoms with Crippen LogP contribution in [0.15, 0.2) is 17.1 Å². The van der Waals surface area contributed by atoms with E-state index in [9.17, 15) is 19.7 Å². The summed E-state index contributed by atoms with van der Waals surface area (Å²) in [5.74, 6) is -0.0355. The molecule has 1 saturated heterocycles. The summed E-state index contributed by atoms with van der Waals surface area (Å²) in [6, 6.07) is 1.23. The number of pyridine rings is 1. The van der Waals surface area contributed by atoms with E-state index in [0.29, 0.717) is 18.7 Å². The molecule has 1 amide bonds. The molecular formula is C13H18N4O4. The van der Waals surface area contributed by atoms with Gasteiger partial charge in [-0.1, -0.05) is 0 Å². The average Bonchev–Trinajstić information content (AvgIpc) is 2.46. The fraction of sp³-hybridized carbons (Fsp3) is 0.538. The van der Waals surface area contributed by atoms with Crippen molar-refractivity contribution < 1.29 is 9.72 Å². The van der Waals surface area contributed by atoms with Gasteiger partial charge in [-0.3, -0.25) is 19.7 Å². The van der Waals surface area contributed by atoms with E-state index < -0.39 is 4.92 Å². The predicted octanol–water partition coefficient (Wildman–Crippen LogP) is -0.113. The fourth-order valence-electron chi connectivity index (χ4n) is 2.31. The van der Waals surface area contributed by atoms with Gasteiger partial charge in [-0.25, -0.2) is 0 Å². The van der Waals surface area contributed by atoms with Gasteiger partial charge in [0, 0.05) is 50.8 Å². The number of aromatic nitrogens is 1. The van der Waals surface area contributed by atoms with Gasteiger partial charge in [0.2, 0.25) is 5.91 Å². The smallest absolute Gasteiger partial charge is 0.288 e. The van der Waals surface area contributed by atoms with Gasteiger partial charge < -0.3 is 14.8 Å². The molecule has 0 bridgehead atoms. The van der Waals surface area contributed by atoms with Crippen LogP contribution in [0.5, 0.6) is 0 Å². The Labute approximate surface area is 121 Å². The molecule has 0 aromatic carbocycles. The molecule has 114 valence electrons. The van der Waals surface area contributed by atoms with Crippen molar-refractivity contribution in [3.63, 3.8) is 0 Å². The number of hydrogen-bond donors (Lipinski definition) is 1. The molecule has 2 heterocycles. The van der Waals surface area contributed by atoms with E-state index in [1.165, 1.54) is 23.8 Å². The third-order valence-electron chi connectivity index (χ3n) is 3.54. The standard InChI is InChI=1S/C13H18N4O4/c1-10-8-13(19)16(9-11(10)17(20)21)5-2-12(18)15-6-3-14-4-7-15/h8-9,14H,2-7H2,1H3. The SMILES string of the molecule is Cc1cc(=O)n(CCC(=O)N2CCNCC2)cc1[N+](=O)[O-]. The lowest BCUT2D eigenvalue weighted by Gasteiger charge is -2.27. The lowest BCUT2D eigenvalue weighted by atomic mass is 10.2. The van der Waals surface area contributed by atoms with Crippen molar-refractivity contribution >= 4 is 11.6 Å². The normalized spacial score (nSPS) is 15.0. The van der Waals surface area contributed by atoms with Crippen LogP contribution in [-0.2, 0) is 11.3 Å². The highest BCUT2D eigenvalue weighted by atomic mass is 16.6. The number of nitro groups is 1. The Morgan fingerprint density at radius 3 is 2.71 bits per heavy atom. The minimum Gasteiger partial charge on any atom is -0.340 e. The molecule has 8 nitrogen and oxygen atoms in total. The Kier molecular flexibility index (Phi) is 4.69. The van der Waals surface area contributed by atoms with Crippen LogP contribution in [0.4, 0.5) is 5.69 Å². The fourth-order valence-corrected chi connectivity index (χ4v) is 2.31. The van der Waals surface area contributed by atoms with Gasteiger partial charge in [0.15, 0.2) is 0 Å². The largest absolute Gasteiger partial charge is 0.340 e. The van der Waals surface area contributed by atoms with E-state index in [4.69, 9.17) is 0 Å². The second-order valence-electron chi connectivity index (χ2n) is 5.01. The minimum absolute atomic E-state index is 0.0355.